The lowest BCUT2D eigenvalue weighted by atomic mass is 9.94. The van der Waals surface area contributed by atoms with Gasteiger partial charge in [-0.15, -0.1) is 0 Å². The van der Waals surface area contributed by atoms with Crippen LogP contribution in [0.2, 0.25) is 0 Å². The Morgan fingerprint density at radius 2 is 1.79 bits per heavy atom. The monoisotopic (exact) mass is 347 g/mol. The Balaban J connectivity index is 2.55. The second-order valence-corrected chi connectivity index (χ2v) is 9.02. The summed E-state index contributed by atoms with van der Waals surface area (Å²) in [5.41, 5.74) is 0.680. The van der Waals surface area contributed by atoms with Gasteiger partial charge in [0.2, 0.25) is 0 Å². The van der Waals surface area contributed by atoms with Gasteiger partial charge in [0.05, 0.1) is 6.04 Å². The molecular formula is C20H29NO2S. The Morgan fingerprint density at radius 1 is 1.17 bits per heavy atom. The number of amides is 1. The highest BCUT2D eigenvalue weighted by Gasteiger charge is 2.34. The summed E-state index contributed by atoms with van der Waals surface area (Å²) in [6.45, 7) is 14.3. The van der Waals surface area contributed by atoms with Crippen molar-refractivity contribution < 1.29 is 9.53 Å². The molecule has 0 aromatic heterocycles. The van der Waals surface area contributed by atoms with Gasteiger partial charge in [0.1, 0.15) is 5.60 Å². The topological polar surface area (TPSA) is 29.5 Å². The van der Waals surface area contributed by atoms with Crippen molar-refractivity contribution in [1.29, 1.82) is 0 Å². The van der Waals surface area contributed by atoms with Crippen LogP contribution in [0.3, 0.4) is 0 Å². The predicted molar refractivity (Wildman–Crippen MR) is 101 cm³/mol. The molecule has 0 spiro atoms. The highest BCUT2D eigenvalue weighted by Crippen LogP contribution is 2.44. The maximum atomic E-state index is 12.9. The molecule has 1 aromatic rings. The molecule has 4 heteroatoms. The summed E-state index contributed by atoms with van der Waals surface area (Å²) in [4.78, 5) is 17.1. The van der Waals surface area contributed by atoms with Crippen LogP contribution >= 0.6 is 11.8 Å². The molecule has 0 radical (unpaired) electrons. The first kappa shape index (κ1) is 18.9. The number of carbonyl (C=O) groups excluding carboxylic acids is 1. The van der Waals surface area contributed by atoms with Gasteiger partial charge in [-0.25, -0.2) is 4.79 Å². The molecule has 0 aliphatic carbocycles. The van der Waals surface area contributed by atoms with Crippen LogP contribution in [0.4, 0.5) is 4.79 Å². The molecule has 2 rings (SSSR count). The van der Waals surface area contributed by atoms with E-state index in [-0.39, 0.29) is 18.1 Å². The van der Waals surface area contributed by atoms with E-state index >= 15 is 0 Å². The quantitative estimate of drug-likeness (QED) is 0.635. The molecule has 1 atom stereocenters. The minimum Gasteiger partial charge on any atom is -0.443 e. The molecular weight excluding hydrogens is 318 g/mol. The number of rotatable bonds is 2. The van der Waals surface area contributed by atoms with Crippen molar-refractivity contribution in [3.05, 3.63) is 40.9 Å². The van der Waals surface area contributed by atoms with Crippen LogP contribution < -0.4 is 0 Å². The molecule has 0 saturated carbocycles. The van der Waals surface area contributed by atoms with Crippen molar-refractivity contribution in [3.8, 4) is 0 Å². The van der Waals surface area contributed by atoms with E-state index < -0.39 is 5.60 Å². The average molecular weight is 348 g/mol. The summed E-state index contributed by atoms with van der Waals surface area (Å²) in [6, 6.07) is 8.35. The number of benzene rings is 1. The third kappa shape index (κ3) is 4.35. The van der Waals surface area contributed by atoms with Crippen LogP contribution in [0, 0.1) is 11.8 Å². The van der Waals surface area contributed by atoms with Gasteiger partial charge in [-0.2, -0.15) is 0 Å². The van der Waals surface area contributed by atoms with Gasteiger partial charge < -0.3 is 4.74 Å². The van der Waals surface area contributed by atoms with Gasteiger partial charge in [-0.05, 0) is 44.2 Å². The number of ether oxygens (including phenoxy) is 1. The number of thioether (sulfide) groups is 1. The summed E-state index contributed by atoms with van der Waals surface area (Å²) in [6.07, 6.45) is 1.71. The zero-order valence-corrected chi connectivity index (χ0v) is 16.6. The lowest BCUT2D eigenvalue weighted by molar-refractivity contribution is 0.0224. The molecule has 1 heterocycles. The first-order chi connectivity index (χ1) is 11.1. The van der Waals surface area contributed by atoms with Gasteiger partial charge in [0.15, 0.2) is 0 Å². The normalized spacial score (nSPS) is 18.3. The first-order valence-corrected chi connectivity index (χ1v) is 9.41. The van der Waals surface area contributed by atoms with Crippen LogP contribution in [-0.4, -0.2) is 16.6 Å². The maximum Gasteiger partial charge on any atom is 0.414 e. The molecule has 0 unspecified atom stereocenters. The number of allylic oxidation sites excluding steroid dienone is 1. The van der Waals surface area contributed by atoms with Crippen LogP contribution in [0.25, 0.3) is 0 Å². The lowest BCUT2D eigenvalue weighted by Gasteiger charge is -2.33. The van der Waals surface area contributed by atoms with Crippen molar-refractivity contribution in [2.24, 2.45) is 11.8 Å². The highest BCUT2D eigenvalue weighted by molar-refractivity contribution is 8.03. The summed E-state index contributed by atoms with van der Waals surface area (Å²) in [5, 5.41) is 0. The van der Waals surface area contributed by atoms with Crippen LogP contribution in [0.5, 0.6) is 0 Å². The van der Waals surface area contributed by atoms with E-state index in [0.29, 0.717) is 5.92 Å². The molecule has 0 fully saturated rings. The Morgan fingerprint density at radius 3 is 2.33 bits per heavy atom. The second kappa shape index (κ2) is 7.22. The van der Waals surface area contributed by atoms with Crippen LogP contribution in [-0.2, 0) is 4.74 Å². The molecule has 1 amide bonds. The maximum absolute atomic E-state index is 12.9. The fourth-order valence-corrected chi connectivity index (χ4v) is 3.88. The van der Waals surface area contributed by atoms with Crippen molar-refractivity contribution in [3.63, 3.8) is 0 Å². The Bertz CT molecular complexity index is 629. The molecule has 1 aliphatic rings. The summed E-state index contributed by atoms with van der Waals surface area (Å²) < 4.78 is 5.69. The Labute approximate surface area is 150 Å². The third-order valence-electron chi connectivity index (χ3n) is 3.84. The number of carbonyl (C=O) groups is 1. The van der Waals surface area contributed by atoms with Crippen molar-refractivity contribution in [2.45, 2.75) is 65.0 Å². The third-order valence-corrected chi connectivity index (χ3v) is 5.24. The molecule has 1 aromatic carbocycles. The SMILES string of the molecule is CC(C)C1=CN(C(=O)OC(C)(C)C)[C@H](C(C)C)c2ccccc2S1. The largest absolute Gasteiger partial charge is 0.443 e. The predicted octanol–water partition coefficient (Wildman–Crippen LogP) is 6.22. The minimum atomic E-state index is -0.511. The smallest absolute Gasteiger partial charge is 0.414 e. The van der Waals surface area contributed by atoms with E-state index in [9.17, 15) is 4.79 Å². The molecule has 1 aliphatic heterocycles. The zero-order chi connectivity index (χ0) is 18.1. The van der Waals surface area contributed by atoms with Crippen LogP contribution in [0.1, 0.15) is 60.1 Å². The summed E-state index contributed by atoms with van der Waals surface area (Å²) in [7, 11) is 0. The standard InChI is InChI=1S/C20H29NO2S/c1-13(2)17-12-21(19(22)23-20(5,6)7)18(14(3)4)15-10-8-9-11-16(15)24-17/h8-14,18H,1-7H3/t18-/m1/s1. The zero-order valence-electron chi connectivity index (χ0n) is 15.8. The molecule has 132 valence electrons. The number of hydrogen-bond acceptors (Lipinski definition) is 3. The van der Waals surface area contributed by atoms with E-state index in [4.69, 9.17) is 4.74 Å². The van der Waals surface area contributed by atoms with Crippen molar-refractivity contribution in [2.75, 3.05) is 0 Å². The van der Waals surface area contributed by atoms with Gasteiger partial charge in [0, 0.05) is 16.0 Å². The first-order valence-electron chi connectivity index (χ1n) is 8.60. The van der Waals surface area contributed by atoms with Gasteiger partial charge >= 0.3 is 6.09 Å². The summed E-state index contributed by atoms with van der Waals surface area (Å²) >= 11 is 1.76. The van der Waals surface area contributed by atoms with E-state index in [1.165, 1.54) is 15.4 Å². The van der Waals surface area contributed by atoms with E-state index in [2.05, 4.69) is 45.9 Å². The fraction of sp³-hybridized carbons (Fsp3) is 0.550. The average Bonchev–Trinajstić information content (AvgIpc) is 2.62. The van der Waals surface area contributed by atoms with Gasteiger partial charge in [-0.1, -0.05) is 57.7 Å². The lowest BCUT2D eigenvalue weighted by Crippen LogP contribution is -2.38. The Hall–Kier alpha value is -1.42. The van der Waals surface area contributed by atoms with Gasteiger partial charge in [-0.3, -0.25) is 4.90 Å². The molecule has 0 bridgehead atoms. The molecule has 0 saturated heterocycles. The van der Waals surface area contributed by atoms with E-state index in [1.807, 2.05) is 33.0 Å². The van der Waals surface area contributed by atoms with Crippen LogP contribution in [0.15, 0.2) is 40.3 Å². The molecule has 3 nitrogen and oxygen atoms in total. The van der Waals surface area contributed by atoms with E-state index in [0.717, 1.165) is 0 Å². The minimum absolute atomic E-state index is 0.0280. The Kier molecular flexibility index (Phi) is 5.69. The summed E-state index contributed by atoms with van der Waals surface area (Å²) in [5.74, 6) is 0.626. The number of nitrogens with zero attached hydrogens (tertiary/aromatic N) is 1. The van der Waals surface area contributed by atoms with Crippen molar-refractivity contribution in [1.82, 2.24) is 4.90 Å². The number of hydrogen-bond donors (Lipinski definition) is 0. The fourth-order valence-electron chi connectivity index (χ4n) is 2.77. The van der Waals surface area contributed by atoms with Crippen molar-refractivity contribution >= 4 is 17.9 Å². The highest BCUT2D eigenvalue weighted by atomic mass is 32.2. The molecule has 24 heavy (non-hydrogen) atoms. The second-order valence-electron chi connectivity index (χ2n) is 7.90. The number of fused-ring (bicyclic) bond motifs is 1. The molecule has 0 N–H and O–H groups in total. The van der Waals surface area contributed by atoms with Gasteiger partial charge in [0.25, 0.3) is 0 Å². The van der Waals surface area contributed by atoms with E-state index in [1.54, 1.807) is 16.7 Å².